The second-order valence-electron chi connectivity index (χ2n) is 7.06. The first kappa shape index (κ1) is 16.6. The topological polar surface area (TPSA) is 33.2 Å². The Kier molecular flexibility index (Phi) is 3.72. The SMILES string of the molecule is Cc1ccc(-c2nc3ccccc3c3c2CN(c2ccc(F)cc2)C3=O)cc1. The van der Waals surface area contributed by atoms with Crippen molar-refractivity contribution < 1.29 is 9.18 Å². The summed E-state index contributed by atoms with van der Waals surface area (Å²) in [6.07, 6.45) is 0. The van der Waals surface area contributed by atoms with Crippen molar-refractivity contribution >= 4 is 22.5 Å². The number of hydrogen-bond donors (Lipinski definition) is 0. The fourth-order valence-corrected chi connectivity index (χ4v) is 3.79. The van der Waals surface area contributed by atoms with E-state index in [1.54, 1.807) is 17.0 Å². The molecule has 0 spiro atoms. The van der Waals surface area contributed by atoms with Crippen LogP contribution in [0, 0.1) is 12.7 Å². The number of nitrogens with zero attached hydrogens (tertiary/aromatic N) is 2. The predicted octanol–water partition coefficient (Wildman–Crippen LogP) is 5.51. The van der Waals surface area contributed by atoms with Crippen LogP contribution in [0.5, 0.6) is 0 Å². The largest absolute Gasteiger partial charge is 0.304 e. The minimum absolute atomic E-state index is 0.0754. The predicted molar refractivity (Wildman–Crippen MR) is 109 cm³/mol. The third-order valence-corrected chi connectivity index (χ3v) is 5.23. The highest BCUT2D eigenvalue weighted by Crippen LogP contribution is 2.38. The number of pyridine rings is 1. The van der Waals surface area contributed by atoms with Gasteiger partial charge in [0.05, 0.1) is 23.3 Å². The zero-order chi connectivity index (χ0) is 19.3. The van der Waals surface area contributed by atoms with Crippen molar-refractivity contribution in [3.05, 3.63) is 95.3 Å². The number of rotatable bonds is 2. The Labute approximate surface area is 162 Å². The number of hydrogen-bond acceptors (Lipinski definition) is 2. The number of amides is 1. The molecular formula is C24H17FN2O. The first-order valence-electron chi connectivity index (χ1n) is 9.18. The van der Waals surface area contributed by atoms with Gasteiger partial charge in [-0.3, -0.25) is 4.79 Å². The third kappa shape index (κ3) is 2.57. The van der Waals surface area contributed by atoms with Gasteiger partial charge in [0.25, 0.3) is 5.91 Å². The van der Waals surface area contributed by atoms with Gasteiger partial charge >= 0.3 is 0 Å². The summed E-state index contributed by atoms with van der Waals surface area (Å²) in [7, 11) is 0. The first-order valence-corrected chi connectivity index (χ1v) is 9.18. The molecule has 0 saturated heterocycles. The Morgan fingerprint density at radius 2 is 1.64 bits per heavy atom. The van der Waals surface area contributed by atoms with Crippen LogP contribution in [0.25, 0.3) is 22.2 Å². The highest BCUT2D eigenvalue weighted by Gasteiger charge is 2.33. The molecule has 4 aromatic rings. The smallest absolute Gasteiger partial charge is 0.259 e. The Hall–Kier alpha value is -3.53. The Morgan fingerprint density at radius 3 is 2.39 bits per heavy atom. The van der Waals surface area contributed by atoms with E-state index in [-0.39, 0.29) is 11.7 Å². The molecule has 0 radical (unpaired) electrons. The van der Waals surface area contributed by atoms with Gasteiger partial charge in [-0.05, 0) is 37.3 Å². The zero-order valence-electron chi connectivity index (χ0n) is 15.3. The fourth-order valence-electron chi connectivity index (χ4n) is 3.79. The normalized spacial score (nSPS) is 13.2. The highest BCUT2D eigenvalue weighted by atomic mass is 19.1. The summed E-state index contributed by atoms with van der Waals surface area (Å²) in [6, 6.07) is 21.9. The number of benzene rings is 3. The lowest BCUT2D eigenvalue weighted by Crippen LogP contribution is -2.23. The molecule has 28 heavy (non-hydrogen) atoms. The molecule has 0 atom stereocenters. The van der Waals surface area contributed by atoms with Crippen LogP contribution in [0.1, 0.15) is 21.5 Å². The fraction of sp³-hybridized carbons (Fsp3) is 0.0833. The standard InChI is InChI=1S/C24H17FN2O/c1-15-6-8-16(9-7-15)23-20-14-27(18-12-10-17(25)11-13-18)24(28)22(20)19-4-2-3-5-21(19)26-23/h2-13H,14H2,1H3. The molecule has 5 rings (SSSR count). The minimum atomic E-state index is -0.319. The van der Waals surface area contributed by atoms with Crippen molar-refractivity contribution in [2.75, 3.05) is 4.90 Å². The minimum Gasteiger partial charge on any atom is -0.304 e. The van der Waals surface area contributed by atoms with Crippen LogP contribution in [-0.2, 0) is 6.54 Å². The molecule has 1 aromatic heterocycles. The highest BCUT2D eigenvalue weighted by molar-refractivity contribution is 6.18. The molecule has 0 N–H and O–H groups in total. The molecule has 0 aliphatic carbocycles. The van der Waals surface area contributed by atoms with Gasteiger partial charge in [-0.25, -0.2) is 9.37 Å². The number of halogens is 1. The average Bonchev–Trinajstić information content (AvgIpc) is 3.06. The lowest BCUT2D eigenvalue weighted by atomic mass is 9.98. The lowest BCUT2D eigenvalue weighted by molar-refractivity contribution is 0.0998. The van der Waals surface area contributed by atoms with Gasteiger partial charge < -0.3 is 4.90 Å². The van der Waals surface area contributed by atoms with E-state index in [1.807, 2.05) is 55.5 Å². The molecule has 0 saturated carbocycles. The molecule has 3 nitrogen and oxygen atoms in total. The van der Waals surface area contributed by atoms with Crippen LogP contribution in [0.4, 0.5) is 10.1 Å². The van der Waals surface area contributed by atoms with Gasteiger partial charge in [0.1, 0.15) is 5.82 Å². The molecule has 0 fully saturated rings. The molecule has 136 valence electrons. The lowest BCUT2D eigenvalue weighted by Gasteiger charge is -2.15. The molecule has 0 unspecified atom stereocenters. The number of aryl methyl sites for hydroxylation is 1. The van der Waals surface area contributed by atoms with E-state index in [9.17, 15) is 9.18 Å². The number of fused-ring (bicyclic) bond motifs is 3. The van der Waals surface area contributed by atoms with Crippen LogP contribution in [0.2, 0.25) is 0 Å². The first-order chi connectivity index (χ1) is 13.6. The van der Waals surface area contributed by atoms with Crippen LogP contribution >= 0.6 is 0 Å². The number of carbonyl (C=O) groups is 1. The molecule has 0 bridgehead atoms. The van der Waals surface area contributed by atoms with Crippen molar-refractivity contribution in [3.63, 3.8) is 0 Å². The Bertz CT molecular complexity index is 1210. The van der Waals surface area contributed by atoms with E-state index in [0.717, 1.165) is 27.7 Å². The van der Waals surface area contributed by atoms with E-state index in [1.165, 1.54) is 17.7 Å². The van der Waals surface area contributed by atoms with Crippen molar-refractivity contribution in [2.24, 2.45) is 0 Å². The quantitative estimate of drug-likeness (QED) is 0.467. The van der Waals surface area contributed by atoms with E-state index >= 15 is 0 Å². The van der Waals surface area contributed by atoms with Crippen LogP contribution < -0.4 is 4.90 Å². The number of para-hydroxylation sites is 1. The summed E-state index contributed by atoms with van der Waals surface area (Å²) >= 11 is 0. The van der Waals surface area contributed by atoms with Gasteiger partial charge in [0.2, 0.25) is 0 Å². The van der Waals surface area contributed by atoms with E-state index in [0.29, 0.717) is 17.8 Å². The van der Waals surface area contributed by atoms with Gasteiger partial charge in [-0.2, -0.15) is 0 Å². The summed E-state index contributed by atoms with van der Waals surface area (Å²) in [5, 5.41) is 0.850. The molecular weight excluding hydrogens is 351 g/mol. The van der Waals surface area contributed by atoms with E-state index in [2.05, 4.69) is 0 Å². The summed E-state index contributed by atoms with van der Waals surface area (Å²) < 4.78 is 13.3. The molecule has 1 aliphatic heterocycles. The average molecular weight is 368 g/mol. The van der Waals surface area contributed by atoms with Gasteiger partial charge in [0.15, 0.2) is 0 Å². The molecule has 1 amide bonds. The molecule has 3 aromatic carbocycles. The summed E-state index contributed by atoms with van der Waals surface area (Å²) in [5.74, 6) is -0.394. The van der Waals surface area contributed by atoms with Gasteiger partial charge in [0, 0.05) is 22.2 Å². The number of aromatic nitrogens is 1. The van der Waals surface area contributed by atoms with E-state index < -0.39 is 0 Å². The van der Waals surface area contributed by atoms with E-state index in [4.69, 9.17) is 4.98 Å². The monoisotopic (exact) mass is 368 g/mol. The number of carbonyl (C=O) groups excluding carboxylic acids is 1. The van der Waals surface area contributed by atoms with Crippen LogP contribution in [0.3, 0.4) is 0 Å². The molecule has 4 heteroatoms. The zero-order valence-corrected chi connectivity index (χ0v) is 15.3. The maximum Gasteiger partial charge on any atom is 0.259 e. The second kappa shape index (κ2) is 6.27. The maximum atomic E-state index is 13.3. The van der Waals surface area contributed by atoms with Crippen molar-refractivity contribution in [1.82, 2.24) is 4.98 Å². The molecule has 2 heterocycles. The Morgan fingerprint density at radius 1 is 0.929 bits per heavy atom. The van der Waals surface area contributed by atoms with Crippen LogP contribution in [-0.4, -0.2) is 10.9 Å². The van der Waals surface area contributed by atoms with Crippen LogP contribution in [0.15, 0.2) is 72.8 Å². The number of anilines is 1. The van der Waals surface area contributed by atoms with Crippen molar-refractivity contribution in [2.45, 2.75) is 13.5 Å². The maximum absolute atomic E-state index is 13.3. The molecule has 1 aliphatic rings. The summed E-state index contributed by atoms with van der Waals surface area (Å²) in [4.78, 5) is 19.9. The van der Waals surface area contributed by atoms with Crippen molar-refractivity contribution in [3.8, 4) is 11.3 Å². The summed E-state index contributed by atoms with van der Waals surface area (Å²) in [6.45, 7) is 2.46. The van der Waals surface area contributed by atoms with Crippen molar-refractivity contribution in [1.29, 1.82) is 0 Å². The second-order valence-corrected chi connectivity index (χ2v) is 7.06. The van der Waals surface area contributed by atoms with Gasteiger partial charge in [-0.1, -0.05) is 48.0 Å². The Balaban J connectivity index is 1.73. The third-order valence-electron chi connectivity index (χ3n) is 5.23. The van der Waals surface area contributed by atoms with Gasteiger partial charge in [-0.15, -0.1) is 0 Å². The summed E-state index contributed by atoms with van der Waals surface area (Å²) in [5.41, 5.74) is 6.06.